The number of aryl methyl sites for hydroxylation is 2. The van der Waals surface area contributed by atoms with Crippen LogP contribution in [0.2, 0.25) is 0 Å². The minimum absolute atomic E-state index is 0.482. The van der Waals surface area contributed by atoms with Crippen LogP contribution in [0.15, 0.2) is 23.9 Å². The fourth-order valence-corrected chi connectivity index (χ4v) is 2.55. The zero-order valence-corrected chi connectivity index (χ0v) is 13.2. The molecule has 0 amide bonds. The summed E-state index contributed by atoms with van der Waals surface area (Å²) in [6.07, 6.45) is 7.35. The van der Waals surface area contributed by atoms with Gasteiger partial charge in [-0.2, -0.15) is 4.79 Å². The van der Waals surface area contributed by atoms with E-state index in [0.29, 0.717) is 27.8 Å². The van der Waals surface area contributed by atoms with E-state index in [1.165, 1.54) is 0 Å². The third-order valence-electron chi connectivity index (χ3n) is 3.84. The Morgan fingerprint density at radius 3 is 2.57 bits per heavy atom. The molecule has 2 heterocycles. The minimum Gasteiger partial charge on any atom is -0.253 e. The third kappa shape index (κ3) is 3.34. The monoisotopic (exact) mass is 291 g/mol. The molecule has 2 nitrogen and oxygen atoms in total. The van der Waals surface area contributed by atoms with Crippen molar-refractivity contribution in [3.63, 3.8) is 0 Å². The molecule has 0 unspecified atom stereocenters. The van der Waals surface area contributed by atoms with E-state index in [1.807, 2.05) is 19.1 Å². The predicted molar refractivity (Wildman–Crippen MR) is 85.1 cm³/mol. The lowest BCUT2D eigenvalue weighted by Gasteiger charge is -2.03. The summed E-state index contributed by atoms with van der Waals surface area (Å²) in [7, 11) is -0.586. The number of rotatable bonds is 5. The maximum absolute atomic E-state index is 14.0. The van der Waals surface area contributed by atoms with E-state index in [4.69, 9.17) is 0 Å². The lowest BCUT2D eigenvalue weighted by atomic mass is 10.0. The van der Waals surface area contributed by atoms with Crippen molar-refractivity contribution in [2.75, 3.05) is 0 Å². The van der Waals surface area contributed by atoms with E-state index in [-0.39, 0.29) is 0 Å². The van der Waals surface area contributed by atoms with Crippen molar-refractivity contribution in [3.05, 3.63) is 40.9 Å². The first-order chi connectivity index (χ1) is 9.93. The zero-order chi connectivity index (χ0) is 15.6. The molecule has 0 fully saturated rings. The molecular formula is C16H22BF2N2+. The highest BCUT2D eigenvalue weighted by molar-refractivity contribution is 6.19. The summed E-state index contributed by atoms with van der Waals surface area (Å²) in [5.74, 6) is 0.577. The highest BCUT2D eigenvalue weighted by atomic mass is 19.2. The van der Waals surface area contributed by atoms with Gasteiger partial charge >= 0.3 is 7.69 Å². The zero-order valence-electron chi connectivity index (χ0n) is 13.2. The number of allylic oxidation sites excluding steroid dienone is 2. The standard InChI is InChI=1S/C16H22BF2N2/c1-11(2)5-6-14-7-8-15(20(14)17-18)10-16-12(3)9-13(4)21(16)19/h7-11,17H,5-6H2,1-4H3/q+1. The second kappa shape index (κ2) is 6.42. The van der Waals surface area contributed by atoms with Crippen LogP contribution in [0, 0.1) is 19.8 Å². The van der Waals surface area contributed by atoms with Gasteiger partial charge in [0.05, 0.1) is 5.69 Å². The van der Waals surface area contributed by atoms with Gasteiger partial charge in [-0.15, -0.1) is 0 Å². The van der Waals surface area contributed by atoms with Crippen LogP contribution < -0.4 is 0 Å². The first-order valence-electron chi connectivity index (χ1n) is 7.38. The second-order valence-electron chi connectivity index (χ2n) is 6.01. The van der Waals surface area contributed by atoms with Gasteiger partial charge in [0.25, 0.3) is 0 Å². The van der Waals surface area contributed by atoms with Crippen molar-refractivity contribution >= 4 is 19.5 Å². The number of hydrogen-bond donors (Lipinski definition) is 0. The van der Waals surface area contributed by atoms with E-state index < -0.39 is 7.69 Å². The maximum atomic E-state index is 14.0. The molecule has 0 saturated heterocycles. The maximum Gasteiger partial charge on any atom is 0.683 e. The molecular weight excluding hydrogens is 269 g/mol. The van der Waals surface area contributed by atoms with Gasteiger partial charge in [0.15, 0.2) is 11.4 Å². The summed E-state index contributed by atoms with van der Waals surface area (Å²) in [4.78, 5) is 0.651. The van der Waals surface area contributed by atoms with Gasteiger partial charge in [0.1, 0.15) is 0 Å². The van der Waals surface area contributed by atoms with E-state index in [1.54, 1.807) is 23.6 Å². The van der Waals surface area contributed by atoms with E-state index in [9.17, 15) is 8.80 Å². The Morgan fingerprint density at radius 2 is 2.05 bits per heavy atom. The van der Waals surface area contributed by atoms with Crippen molar-refractivity contribution < 1.29 is 13.3 Å². The summed E-state index contributed by atoms with van der Waals surface area (Å²) < 4.78 is 29.0. The van der Waals surface area contributed by atoms with E-state index in [0.717, 1.165) is 24.1 Å². The molecule has 0 aliphatic carbocycles. The molecule has 21 heavy (non-hydrogen) atoms. The molecule has 0 radical (unpaired) electrons. The van der Waals surface area contributed by atoms with Crippen LogP contribution in [-0.4, -0.2) is 22.7 Å². The molecule has 0 bridgehead atoms. The molecule has 2 rings (SSSR count). The van der Waals surface area contributed by atoms with Crippen molar-refractivity contribution in [2.24, 2.45) is 5.92 Å². The highest BCUT2D eigenvalue weighted by Crippen LogP contribution is 2.21. The average Bonchev–Trinajstić information content (AvgIpc) is 2.92. The number of aromatic nitrogens is 1. The Morgan fingerprint density at radius 1 is 1.33 bits per heavy atom. The SMILES string of the molecule is Cc1cc(C)n(F)c1/C=C1/C=CC(CCC(C)C)=[N+]1BF. The molecule has 0 atom stereocenters. The van der Waals surface area contributed by atoms with Crippen LogP contribution in [-0.2, 0) is 0 Å². The Hall–Kier alpha value is -1.65. The van der Waals surface area contributed by atoms with Crippen LogP contribution >= 0.6 is 0 Å². The molecule has 0 spiro atoms. The van der Waals surface area contributed by atoms with Crippen LogP contribution in [0.1, 0.15) is 43.6 Å². The van der Waals surface area contributed by atoms with E-state index in [2.05, 4.69) is 13.8 Å². The van der Waals surface area contributed by atoms with Crippen LogP contribution in [0.3, 0.4) is 0 Å². The van der Waals surface area contributed by atoms with E-state index >= 15 is 0 Å². The minimum atomic E-state index is -0.586. The van der Waals surface area contributed by atoms with Gasteiger partial charge in [-0.05, 0) is 37.8 Å². The lowest BCUT2D eigenvalue weighted by Crippen LogP contribution is -2.17. The fraction of sp³-hybridized carbons (Fsp3) is 0.438. The number of hydrogen-bond acceptors (Lipinski definition) is 0. The Bertz CT molecular complexity index is 624. The third-order valence-corrected chi connectivity index (χ3v) is 3.84. The van der Waals surface area contributed by atoms with Gasteiger partial charge in [0, 0.05) is 30.3 Å². The molecule has 0 saturated carbocycles. The van der Waals surface area contributed by atoms with Crippen LogP contribution in [0.25, 0.3) is 6.08 Å². The fourth-order valence-electron chi connectivity index (χ4n) is 2.55. The Labute approximate surface area is 125 Å². The summed E-state index contributed by atoms with van der Waals surface area (Å²) in [5.41, 5.74) is 3.55. The van der Waals surface area contributed by atoms with Gasteiger partial charge in [0.2, 0.25) is 0 Å². The second-order valence-corrected chi connectivity index (χ2v) is 6.01. The molecule has 5 heteroatoms. The molecule has 0 aromatic carbocycles. The predicted octanol–water partition coefficient (Wildman–Crippen LogP) is 3.87. The normalized spacial score (nSPS) is 16.6. The molecule has 0 N–H and O–H groups in total. The Kier molecular flexibility index (Phi) is 4.81. The first-order valence-corrected chi connectivity index (χ1v) is 7.38. The molecule has 1 aliphatic rings. The summed E-state index contributed by atoms with van der Waals surface area (Å²) >= 11 is 0. The molecule has 1 aromatic heterocycles. The summed E-state index contributed by atoms with van der Waals surface area (Å²) in [5, 5.41) is 0. The highest BCUT2D eigenvalue weighted by Gasteiger charge is 2.25. The van der Waals surface area contributed by atoms with Crippen molar-refractivity contribution in [2.45, 2.75) is 40.5 Å². The van der Waals surface area contributed by atoms with Crippen molar-refractivity contribution in [1.82, 2.24) is 4.79 Å². The largest absolute Gasteiger partial charge is 0.683 e. The van der Waals surface area contributed by atoms with Crippen molar-refractivity contribution in [1.29, 1.82) is 0 Å². The topological polar surface area (TPSA) is 7.94 Å². The first kappa shape index (κ1) is 15.7. The van der Waals surface area contributed by atoms with Gasteiger partial charge in [-0.3, -0.25) is 8.80 Å². The number of nitrogens with zero attached hydrogens (tertiary/aromatic N) is 2. The lowest BCUT2D eigenvalue weighted by molar-refractivity contribution is -0.319. The summed E-state index contributed by atoms with van der Waals surface area (Å²) in [6, 6.07) is 1.79. The Balaban J connectivity index is 2.32. The molecule has 1 aliphatic heterocycles. The van der Waals surface area contributed by atoms with Gasteiger partial charge in [-0.1, -0.05) is 18.3 Å². The van der Waals surface area contributed by atoms with Gasteiger partial charge in [-0.25, -0.2) is 0 Å². The smallest absolute Gasteiger partial charge is 0.253 e. The summed E-state index contributed by atoms with van der Waals surface area (Å²) in [6.45, 7) is 7.87. The molecule has 1 aromatic rings. The van der Waals surface area contributed by atoms with Crippen molar-refractivity contribution in [3.8, 4) is 0 Å². The van der Waals surface area contributed by atoms with Crippen LogP contribution in [0.5, 0.6) is 0 Å². The van der Waals surface area contributed by atoms with Gasteiger partial charge < -0.3 is 0 Å². The quantitative estimate of drug-likeness (QED) is 0.728. The van der Waals surface area contributed by atoms with Crippen LogP contribution in [0.4, 0.5) is 8.80 Å². The molecule has 112 valence electrons. The number of halogens is 2. The average molecular weight is 291 g/mol.